The van der Waals surface area contributed by atoms with E-state index in [9.17, 15) is 20.1 Å². The first-order valence-corrected chi connectivity index (χ1v) is 14.7. The Morgan fingerprint density at radius 3 is 2.36 bits per heavy atom. The third-order valence-corrected chi connectivity index (χ3v) is 12.1. The number of aliphatic hydroxyl groups is 2. The molecule has 0 heterocycles. The molecule has 3 N–H and O–H groups in total. The summed E-state index contributed by atoms with van der Waals surface area (Å²) in [4.78, 5) is 12.7. The molecule has 206 valence electrons. The molecule has 4 fully saturated rings. The minimum atomic E-state index is -0.737. The Labute approximate surface area is 219 Å². The first-order chi connectivity index (χ1) is 16.8. The Hall–Kier alpha value is -0.910. The van der Waals surface area contributed by atoms with E-state index in [1.165, 1.54) is 0 Å². The lowest BCUT2D eigenvalue weighted by Crippen LogP contribution is -2.66. The van der Waals surface area contributed by atoms with Crippen molar-refractivity contribution in [2.24, 2.45) is 51.8 Å². The molecule has 4 unspecified atom stereocenters. The number of carboxylic acid groups (broad SMARTS) is 1. The van der Waals surface area contributed by atoms with Crippen LogP contribution in [0.3, 0.4) is 0 Å². The number of fused-ring (bicyclic) bond motifs is 5. The van der Waals surface area contributed by atoms with E-state index in [-0.39, 0.29) is 52.1 Å². The van der Waals surface area contributed by atoms with Crippen LogP contribution in [-0.4, -0.2) is 46.2 Å². The van der Waals surface area contributed by atoms with Crippen molar-refractivity contribution in [1.29, 1.82) is 0 Å². The van der Waals surface area contributed by atoms with Gasteiger partial charge in [0.15, 0.2) is 0 Å². The molecule has 4 rings (SSSR count). The molecule has 0 saturated heterocycles. The highest BCUT2D eigenvalue weighted by Gasteiger charge is 2.71. The van der Waals surface area contributed by atoms with Crippen LogP contribution in [0.4, 0.5) is 0 Å². The number of aliphatic hydroxyl groups excluding tert-OH is 2. The van der Waals surface area contributed by atoms with Gasteiger partial charge in [0.2, 0.25) is 0 Å². The number of rotatable bonds is 7. The lowest BCUT2D eigenvalue weighted by molar-refractivity contribution is -0.240. The highest BCUT2D eigenvalue weighted by Crippen LogP contribution is 2.74. The van der Waals surface area contributed by atoms with Gasteiger partial charge in [-0.3, -0.25) is 4.79 Å². The summed E-state index contributed by atoms with van der Waals surface area (Å²) in [5.41, 5.74) is 0.950. The second-order valence-electron chi connectivity index (χ2n) is 14.0. The molecule has 0 aromatic carbocycles. The minimum Gasteiger partial charge on any atom is -0.481 e. The second-order valence-corrected chi connectivity index (χ2v) is 14.0. The fraction of sp³-hybridized carbons (Fsp3) is 0.903. The van der Waals surface area contributed by atoms with E-state index in [1.807, 2.05) is 13.8 Å². The van der Waals surface area contributed by atoms with Crippen molar-refractivity contribution < 1.29 is 24.9 Å². The number of hydrogen-bond acceptors (Lipinski definition) is 4. The van der Waals surface area contributed by atoms with Crippen LogP contribution < -0.4 is 0 Å². The average Bonchev–Trinajstić information content (AvgIpc) is 3.07. The zero-order chi connectivity index (χ0) is 26.6. The number of aliphatic carboxylic acids is 1. The van der Waals surface area contributed by atoms with E-state index < -0.39 is 18.0 Å². The van der Waals surface area contributed by atoms with E-state index in [2.05, 4.69) is 40.7 Å². The van der Waals surface area contributed by atoms with Crippen LogP contribution in [0.15, 0.2) is 11.6 Å². The van der Waals surface area contributed by atoms with Crippen molar-refractivity contribution in [3.05, 3.63) is 11.6 Å². The molecule has 4 saturated carbocycles. The standard InChI is InChI=1S/C31H52O5/c1-8-15-36-25-17-31(7)22(26(25)20(28(34)35)10-9-18(2)3)16-24(33)27-29(5)13-12-23(32)19(4)21(29)11-14-30(27,31)6/h9,19-27,32-33H,8,10-17H2,1-7H3,(H,34,35)/t19-,20+,21?,22?,23+,24?,25-,26+,27?,29-,30-,31-/m0/s1. The minimum absolute atomic E-state index is 0.00877. The zero-order valence-corrected chi connectivity index (χ0v) is 23.8. The van der Waals surface area contributed by atoms with Gasteiger partial charge in [-0.15, -0.1) is 0 Å². The van der Waals surface area contributed by atoms with E-state index >= 15 is 0 Å². The van der Waals surface area contributed by atoms with E-state index in [4.69, 9.17) is 4.74 Å². The van der Waals surface area contributed by atoms with E-state index in [1.54, 1.807) is 0 Å². The van der Waals surface area contributed by atoms with Gasteiger partial charge >= 0.3 is 5.97 Å². The third-order valence-electron chi connectivity index (χ3n) is 12.1. The van der Waals surface area contributed by atoms with Crippen LogP contribution in [0.2, 0.25) is 0 Å². The average molecular weight is 505 g/mol. The Bertz CT molecular complexity index is 850. The highest BCUT2D eigenvalue weighted by atomic mass is 16.5. The smallest absolute Gasteiger partial charge is 0.307 e. The lowest BCUT2D eigenvalue weighted by atomic mass is 9.36. The summed E-state index contributed by atoms with van der Waals surface area (Å²) >= 11 is 0. The molecule has 5 heteroatoms. The number of ether oxygens (including phenoxy) is 1. The van der Waals surface area contributed by atoms with Crippen molar-refractivity contribution in [3.8, 4) is 0 Å². The fourth-order valence-corrected chi connectivity index (χ4v) is 10.2. The monoisotopic (exact) mass is 504 g/mol. The van der Waals surface area contributed by atoms with E-state index in [0.29, 0.717) is 25.4 Å². The summed E-state index contributed by atoms with van der Waals surface area (Å²) in [7, 11) is 0. The number of carbonyl (C=O) groups is 1. The third kappa shape index (κ3) is 4.20. The fourth-order valence-electron chi connectivity index (χ4n) is 10.2. The van der Waals surface area contributed by atoms with Crippen molar-refractivity contribution in [2.45, 2.75) is 118 Å². The first-order valence-electron chi connectivity index (χ1n) is 14.7. The van der Waals surface area contributed by atoms with Crippen molar-refractivity contribution >= 4 is 5.97 Å². The summed E-state index contributed by atoms with van der Waals surface area (Å²) in [6.07, 6.45) is 8.11. The van der Waals surface area contributed by atoms with Gasteiger partial charge in [-0.2, -0.15) is 0 Å². The first kappa shape index (κ1) is 28.1. The lowest BCUT2D eigenvalue weighted by Gasteiger charge is -2.69. The van der Waals surface area contributed by atoms with Crippen LogP contribution in [0.1, 0.15) is 99.8 Å². The van der Waals surface area contributed by atoms with Crippen LogP contribution >= 0.6 is 0 Å². The highest BCUT2D eigenvalue weighted by molar-refractivity contribution is 5.71. The van der Waals surface area contributed by atoms with Gasteiger partial charge < -0.3 is 20.1 Å². The molecule has 0 radical (unpaired) electrons. The molecular formula is C31H52O5. The predicted molar refractivity (Wildman–Crippen MR) is 142 cm³/mol. The molecule has 0 aromatic heterocycles. The van der Waals surface area contributed by atoms with Crippen LogP contribution in [0, 0.1) is 51.8 Å². The topological polar surface area (TPSA) is 87.0 Å². The maximum absolute atomic E-state index is 12.7. The Morgan fingerprint density at radius 1 is 1.06 bits per heavy atom. The van der Waals surface area contributed by atoms with E-state index in [0.717, 1.165) is 44.1 Å². The van der Waals surface area contributed by atoms with Gasteiger partial charge in [-0.25, -0.2) is 0 Å². The molecule has 0 bridgehead atoms. The second kappa shape index (κ2) is 10.0. The maximum atomic E-state index is 12.7. The maximum Gasteiger partial charge on any atom is 0.307 e. The Morgan fingerprint density at radius 2 is 1.75 bits per heavy atom. The summed E-state index contributed by atoms with van der Waals surface area (Å²) in [6.45, 7) is 16.2. The Balaban J connectivity index is 1.76. The number of hydrogen-bond donors (Lipinski definition) is 3. The van der Waals surface area contributed by atoms with Gasteiger partial charge in [0, 0.05) is 12.5 Å². The Kier molecular flexibility index (Phi) is 7.81. The molecular weight excluding hydrogens is 452 g/mol. The molecule has 0 amide bonds. The van der Waals surface area contributed by atoms with Gasteiger partial charge in [0.1, 0.15) is 0 Å². The quantitative estimate of drug-likeness (QED) is 0.366. The molecule has 4 aliphatic rings. The molecule has 5 nitrogen and oxygen atoms in total. The van der Waals surface area contributed by atoms with Crippen LogP contribution in [0.25, 0.3) is 0 Å². The van der Waals surface area contributed by atoms with Crippen molar-refractivity contribution in [3.63, 3.8) is 0 Å². The number of allylic oxidation sites excluding steroid dienone is 2. The summed E-state index contributed by atoms with van der Waals surface area (Å²) in [6, 6.07) is 0. The summed E-state index contributed by atoms with van der Waals surface area (Å²) < 4.78 is 6.48. The molecule has 4 aliphatic carbocycles. The summed E-state index contributed by atoms with van der Waals surface area (Å²) in [5, 5.41) is 33.0. The van der Waals surface area contributed by atoms with Crippen LogP contribution in [-0.2, 0) is 9.53 Å². The van der Waals surface area contributed by atoms with Gasteiger partial charge in [0.25, 0.3) is 0 Å². The SMILES string of the molecule is CCCO[C@H]1C[C@@]2(C)C(CC(O)C3[C@@]4(C)CC[C@@H](O)[C@@H](C)C4CC[C@@]32C)[C@H]1[C@@H](CC=C(C)C)C(=O)O. The number of carboxylic acids is 1. The van der Waals surface area contributed by atoms with Crippen LogP contribution in [0.5, 0.6) is 0 Å². The largest absolute Gasteiger partial charge is 0.481 e. The normalized spacial score (nSPS) is 48.9. The molecule has 36 heavy (non-hydrogen) atoms. The van der Waals surface area contributed by atoms with Gasteiger partial charge in [-0.1, -0.05) is 46.3 Å². The molecule has 0 spiro atoms. The van der Waals surface area contributed by atoms with Crippen molar-refractivity contribution in [2.75, 3.05) is 6.61 Å². The van der Waals surface area contributed by atoms with Gasteiger partial charge in [-0.05, 0) is 105 Å². The zero-order valence-electron chi connectivity index (χ0n) is 23.8. The molecule has 0 aliphatic heterocycles. The predicted octanol–water partition coefficient (Wildman–Crippen LogP) is 6.08. The van der Waals surface area contributed by atoms with Gasteiger partial charge in [0.05, 0.1) is 24.2 Å². The molecule has 0 aromatic rings. The molecule has 12 atom stereocenters. The van der Waals surface area contributed by atoms with Crippen molar-refractivity contribution in [1.82, 2.24) is 0 Å². The summed E-state index contributed by atoms with van der Waals surface area (Å²) in [5.74, 6) is -0.385.